The maximum absolute atomic E-state index is 10.4. The Morgan fingerprint density at radius 2 is 0.810 bits per heavy atom. The van der Waals surface area contributed by atoms with E-state index in [1.165, 1.54) is 0 Å². The molecule has 0 aliphatic rings. The molecule has 2 N–H and O–H groups in total. The van der Waals surface area contributed by atoms with Crippen molar-refractivity contribution in [3.8, 4) is 0 Å². The normalized spacial score (nSPS) is 14.2. The van der Waals surface area contributed by atoms with E-state index in [1.807, 2.05) is 133 Å². The van der Waals surface area contributed by atoms with Crippen LogP contribution in [0, 0.1) is 0 Å². The Balaban J connectivity index is 0.000000230. The van der Waals surface area contributed by atoms with Crippen LogP contribution in [0.15, 0.2) is 133 Å². The summed E-state index contributed by atoms with van der Waals surface area (Å²) in [5, 5.41) is 20.8. The molecule has 6 nitrogen and oxygen atoms in total. The zero-order valence-electron chi connectivity index (χ0n) is 24.1. The Labute approximate surface area is 249 Å². The highest BCUT2D eigenvalue weighted by Crippen LogP contribution is 2.24. The van der Waals surface area contributed by atoms with Gasteiger partial charge in [-0.1, -0.05) is 146 Å². The van der Waals surface area contributed by atoms with Crippen molar-refractivity contribution in [2.24, 2.45) is 0 Å². The highest BCUT2D eigenvalue weighted by Gasteiger charge is 2.20. The molecular formula is C36H40O6. The summed E-state index contributed by atoms with van der Waals surface area (Å²) >= 11 is 0. The number of benzene rings is 4. The zero-order chi connectivity index (χ0) is 29.8. The molecule has 0 aliphatic heterocycles. The molecule has 220 valence electrons. The van der Waals surface area contributed by atoms with Gasteiger partial charge < -0.3 is 29.2 Å². The van der Waals surface area contributed by atoms with Gasteiger partial charge in [-0.05, 0) is 22.3 Å². The van der Waals surface area contributed by atoms with Crippen molar-refractivity contribution >= 4 is 12.2 Å². The molecule has 0 unspecified atom stereocenters. The highest BCUT2D eigenvalue weighted by molar-refractivity contribution is 5.50. The quantitative estimate of drug-likeness (QED) is 0.162. The minimum Gasteiger partial charge on any atom is -0.386 e. The molecule has 0 radical (unpaired) electrons. The van der Waals surface area contributed by atoms with Gasteiger partial charge in [0, 0.05) is 14.2 Å². The average molecular weight is 569 g/mol. The molecule has 4 rings (SSSR count). The van der Waals surface area contributed by atoms with Crippen LogP contribution < -0.4 is 0 Å². The van der Waals surface area contributed by atoms with Crippen molar-refractivity contribution in [3.05, 3.63) is 156 Å². The first kappa shape index (κ1) is 32.6. The fourth-order valence-corrected chi connectivity index (χ4v) is 4.10. The SMILES string of the molecule is COCO[C@@H](c1ccccc1)[C@@H](O)/C=C\c1ccccc1.COCO[C@@H](c1ccccc1)[C@H](O)/C=C\c1ccccc1. The van der Waals surface area contributed by atoms with E-state index < -0.39 is 24.4 Å². The van der Waals surface area contributed by atoms with Gasteiger partial charge in [0.25, 0.3) is 0 Å². The molecule has 0 heterocycles. The van der Waals surface area contributed by atoms with Crippen molar-refractivity contribution in [1.29, 1.82) is 0 Å². The summed E-state index contributed by atoms with van der Waals surface area (Å²) in [4.78, 5) is 0. The van der Waals surface area contributed by atoms with Gasteiger partial charge in [-0.15, -0.1) is 0 Å². The van der Waals surface area contributed by atoms with E-state index in [9.17, 15) is 10.2 Å². The van der Waals surface area contributed by atoms with Crippen LogP contribution in [0.4, 0.5) is 0 Å². The van der Waals surface area contributed by atoms with Crippen LogP contribution in [0.1, 0.15) is 34.5 Å². The van der Waals surface area contributed by atoms with Crippen molar-refractivity contribution in [3.63, 3.8) is 0 Å². The lowest BCUT2D eigenvalue weighted by atomic mass is 10.0. The average Bonchev–Trinajstić information content (AvgIpc) is 3.05. The largest absolute Gasteiger partial charge is 0.386 e. The summed E-state index contributed by atoms with van der Waals surface area (Å²) in [6.07, 6.45) is 4.85. The van der Waals surface area contributed by atoms with Crippen molar-refractivity contribution in [1.82, 2.24) is 0 Å². The number of rotatable bonds is 14. The van der Waals surface area contributed by atoms with E-state index in [4.69, 9.17) is 18.9 Å². The molecule has 4 atom stereocenters. The van der Waals surface area contributed by atoms with Crippen molar-refractivity contribution in [2.75, 3.05) is 27.8 Å². The Hall–Kier alpha value is -3.88. The number of hydrogen-bond donors (Lipinski definition) is 2. The summed E-state index contributed by atoms with van der Waals surface area (Å²) in [7, 11) is 3.13. The summed E-state index contributed by atoms with van der Waals surface area (Å²) in [5.41, 5.74) is 3.91. The Morgan fingerprint density at radius 3 is 1.12 bits per heavy atom. The maximum Gasteiger partial charge on any atom is 0.147 e. The van der Waals surface area contributed by atoms with Crippen LogP contribution in [0.25, 0.3) is 12.2 Å². The van der Waals surface area contributed by atoms with Gasteiger partial charge in [0.05, 0.1) is 0 Å². The number of hydrogen-bond acceptors (Lipinski definition) is 6. The van der Waals surface area contributed by atoms with Gasteiger partial charge in [-0.25, -0.2) is 0 Å². The van der Waals surface area contributed by atoms with Gasteiger partial charge in [0.2, 0.25) is 0 Å². The molecule has 0 aliphatic carbocycles. The van der Waals surface area contributed by atoms with E-state index in [1.54, 1.807) is 26.4 Å². The van der Waals surface area contributed by atoms with E-state index in [0.29, 0.717) is 0 Å². The van der Waals surface area contributed by atoms with Crippen LogP contribution in [0.2, 0.25) is 0 Å². The molecular weight excluding hydrogens is 528 g/mol. The van der Waals surface area contributed by atoms with Gasteiger partial charge in [-0.2, -0.15) is 0 Å². The molecule has 0 amide bonds. The second-order valence-corrected chi connectivity index (χ2v) is 9.33. The summed E-state index contributed by atoms with van der Waals surface area (Å²) in [6, 6.07) is 39.0. The van der Waals surface area contributed by atoms with Gasteiger partial charge in [0.15, 0.2) is 0 Å². The minimum absolute atomic E-state index is 0.135. The number of ether oxygens (including phenoxy) is 4. The molecule has 4 aromatic carbocycles. The van der Waals surface area contributed by atoms with E-state index in [2.05, 4.69) is 0 Å². The van der Waals surface area contributed by atoms with E-state index >= 15 is 0 Å². The van der Waals surface area contributed by atoms with Crippen LogP contribution >= 0.6 is 0 Å². The molecule has 42 heavy (non-hydrogen) atoms. The minimum atomic E-state index is -0.747. The summed E-state index contributed by atoms with van der Waals surface area (Å²) < 4.78 is 21.1. The first-order chi connectivity index (χ1) is 20.6. The van der Waals surface area contributed by atoms with Crippen molar-refractivity contribution < 1.29 is 29.2 Å². The lowest BCUT2D eigenvalue weighted by Crippen LogP contribution is -2.20. The predicted octanol–water partition coefficient (Wildman–Crippen LogP) is 6.85. The molecule has 0 bridgehead atoms. The highest BCUT2D eigenvalue weighted by atomic mass is 16.7. The smallest absolute Gasteiger partial charge is 0.147 e. The third-order valence-corrected chi connectivity index (χ3v) is 6.18. The third kappa shape index (κ3) is 11.5. The van der Waals surface area contributed by atoms with Crippen molar-refractivity contribution in [2.45, 2.75) is 24.4 Å². The van der Waals surface area contributed by atoms with Crippen LogP contribution in [0.5, 0.6) is 0 Å². The summed E-state index contributed by atoms with van der Waals surface area (Å²) in [6.45, 7) is 0.269. The number of aliphatic hydroxyl groups is 2. The first-order valence-electron chi connectivity index (χ1n) is 13.8. The Bertz CT molecular complexity index is 1180. The van der Waals surface area contributed by atoms with Gasteiger partial charge >= 0.3 is 0 Å². The fraction of sp³-hybridized carbons (Fsp3) is 0.222. The van der Waals surface area contributed by atoms with E-state index in [-0.39, 0.29) is 13.6 Å². The molecule has 0 fully saturated rings. The Kier molecular flexibility index (Phi) is 15.0. The fourth-order valence-electron chi connectivity index (χ4n) is 4.10. The molecule has 6 heteroatoms. The second-order valence-electron chi connectivity index (χ2n) is 9.33. The van der Waals surface area contributed by atoms with Gasteiger partial charge in [-0.3, -0.25) is 0 Å². The summed E-state index contributed by atoms with van der Waals surface area (Å²) in [5.74, 6) is 0. The van der Waals surface area contributed by atoms with Crippen LogP contribution in [-0.4, -0.2) is 50.2 Å². The maximum atomic E-state index is 10.4. The van der Waals surface area contributed by atoms with Gasteiger partial charge in [0.1, 0.15) is 38.0 Å². The molecule has 0 spiro atoms. The molecule has 4 aromatic rings. The van der Waals surface area contributed by atoms with Crippen LogP contribution in [0.3, 0.4) is 0 Å². The van der Waals surface area contributed by atoms with Crippen LogP contribution in [-0.2, 0) is 18.9 Å². The zero-order valence-corrected chi connectivity index (χ0v) is 24.1. The molecule has 0 saturated heterocycles. The second kappa shape index (κ2) is 19.3. The third-order valence-electron chi connectivity index (χ3n) is 6.18. The first-order valence-corrected chi connectivity index (χ1v) is 13.8. The number of aliphatic hydroxyl groups excluding tert-OH is 2. The Morgan fingerprint density at radius 1 is 0.500 bits per heavy atom. The standard InChI is InChI=1S/2C18H20O3/c2*1-20-14-21-18(16-10-6-3-7-11-16)17(19)13-12-15-8-4-2-5-9-15/h2*2-13,17-19H,14H2,1H3/b2*13-12-/t17-,18+;17-,18-/m10/s1. The topological polar surface area (TPSA) is 77.4 Å². The predicted molar refractivity (Wildman–Crippen MR) is 167 cm³/mol. The van der Waals surface area contributed by atoms with E-state index in [0.717, 1.165) is 22.3 Å². The lowest BCUT2D eigenvalue weighted by Gasteiger charge is -2.21. The molecule has 0 aromatic heterocycles. The monoisotopic (exact) mass is 568 g/mol. The lowest BCUT2D eigenvalue weighted by molar-refractivity contribution is -0.104. The molecule has 0 saturated carbocycles. The number of methoxy groups -OCH3 is 2.